The van der Waals surface area contributed by atoms with Gasteiger partial charge in [0.25, 0.3) is 5.91 Å². The maximum atomic E-state index is 13.5. The molecule has 38 heavy (non-hydrogen) atoms. The predicted octanol–water partition coefficient (Wildman–Crippen LogP) is 5.07. The molecular weight excluding hydrogens is 495 g/mol. The molecule has 2 atom stereocenters. The lowest BCUT2D eigenvalue weighted by atomic mass is 9.97. The third kappa shape index (κ3) is 6.08. The van der Waals surface area contributed by atoms with E-state index in [2.05, 4.69) is 15.7 Å². The number of nitrogens with one attached hydrogen (secondary N) is 2. The highest BCUT2D eigenvalue weighted by Crippen LogP contribution is 2.30. The van der Waals surface area contributed by atoms with Gasteiger partial charge in [-0.2, -0.15) is 23.5 Å². The summed E-state index contributed by atoms with van der Waals surface area (Å²) in [6, 6.07) is 24.3. The second kappa shape index (κ2) is 11.3. The number of carbonyl (C=O) groups excluding carboxylic acids is 1. The highest BCUT2D eigenvalue weighted by Gasteiger charge is 2.36. The van der Waals surface area contributed by atoms with Crippen molar-refractivity contribution in [2.75, 3.05) is 11.9 Å². The number of hydrogen-bond acceptors (Lipinski definition) is 5. The van der Waals surface area contributed by atoms with Gasteiger partial charge in [0.05, 0.1) is 30.0 Å². The van der Waals surface area contributed by atoms with Gasteiger partial charge in [0.15, 0.2) is 5.69 Å². The number of hydrogen-bond donors (Lipinski definition) is 3. The smallest absolute Gasteiger partial charge is 0.395 e. The Morgan fingerprint density at radius 2 is 1.74 bits per heavy atom. The molecular formula is C28H24F3N5O2. The summed E-state index contributed by atoms with van der Waals surface area (Å²) < 4.78 is 41.3. The number of aliphatic hydroxyl groups excluding tert-OH is 1. The van der Waals surface area contributed by atoms with Gasteiger partial charge in [0, 0.05) is 17.8 Å². The zero-order valence-corrected chi connectivity index (χ0v) is 20.3. The number of halogens is 3. The lowest BCUT2D eigenvalue weighted by molar-refractivity contribution is -0.141. The highest BCUT2D eigenvalue weighted by atomic mass is 19.4. The van der Waals surface area contributed by atoms with E-state index in [0.29, 0.717) is 11.8 Å². The van der Waals surface area contributed by atoms with Gasteiger partial charge in [-0.25, -0.2) is 4.68 Å². The van der Waals surface area contributed by atoms with Crippen LogP contribution in [0.25, 0.3) is 5.69 Å². The molecule has 2 unspecified atom stereocenters. The summed E-state index contributed by atoms with van der Waals surface area (Å²) in [6.45, 7) is 1.75. The Labute approximate surface area is 217 Å². The molecule has 3 N–H and O–H groups in total. The summed E-state index contributed by atoms with van der Waals surface area (Å²) in [4.78, 5) is 13.2. The van der Waals surface area contributed by atoms with Crippen LogP contribution in [0.1, 0.15) is 45.8 Å². The molecule has 0 bridgehead atoms. The third-order valence-electron chi connectivity index (χ3n) is 5.79. The summed E-state index contributed by atoms with van der Waals surface area (Å²) in [6.07, 6.45) is -4.77. The van der Waals surface area contributed by atoms with Gasteiger partial charge in [0.2, 0.25) is 0 Å². The van der Waals surface area contributed by atoms with Crippen LogP contribution in [-0.4, -0.2) is 33.4 Å². The summed E-state index contributed by atoms with van der Waals surface area (Å²) in [7, 11) is 0. The molecule has 0 fully saturated rings. The fourth-order valence-electron chi connectivity index (χ4n) is 3.94. The Morgan fingerprint density at radius 3 is 2.42 bits per heavy atom. The number of amides is 1. The largest absolute Gasteiger partial charge is 0.435 e. The minimum atomic E-state index is -4.77. The van der Waals surface area contributed by atoms with Crippen LogP contribution in [0.4, 0.5) is 18.9 Å². The Kier molecular flexibility index (Phi) is 7.90. The van der Waals surface area contributed by atoms with E-state index in [1.54, 1.807) is 18.2 Å². The fraction of sp³-hybridized carbons (Fsp3) is 0.179. The van der Waals surface area contributed by atoms with Crippen LogP contribution in [0.15, 0.2) is 84.9 Å². The predicted molar refractivity (Wildman–Crippen MR) is 136 cm³/mol. The number of carbonyl (C=O) groups is 1. The second-order valence-corrected chi connectivity index (χ2v) is 8.66. The number of aliphatic hydroxyl groups is 1. The summed E-state index contributed by atoms with van der Waals surface area (Å²) in [5.41, 5.74) is 0.850. The lowest BCUT2D eigenvalue weighted by Crippen LogP contribution is -2.33. The van der Waals surface area contributed by atoms with Gasteiger partial charge >= 0.3 is 6.18 Å². The molecule has 10 heteroatoms. The minimum Gasteiger partial charge on any atom is -0.395 e. The summed E-state index contributed by atoms with van der Waals surface area (Å²) in [5.74, 6) is -0.805. The van der Waals surface area contributed by atoms with Gasteiger partial charge in [-0.3, -0.25) is 4.79 Å². The van der Waals surface area contributed by atoms with Crippen LogP contribution in [0.2, 0.25) is 0 Å². The molecule has 0 aliphatic rings. The van der Waals surface area contributed by atoms with Crippen molar-refractivity contribution in [1.29, 1.82) is 5.26 Å². The Morgan fingerprint density at radius 1 is 1.03 bits per heavy atom. The molecule has 0 aliphatic carbocycles. The van der Waals surface area contributed by atoms with Crippen molar-refractivity contribution in [3.8, 4) is 11.8 Å². The molecule has 1 amide bonds. The first kappa shape index (κ1) is 26.6. The number of nitriles is 1. The first-order valence-corrected chi connectivity index (χ1v) is 11.7. The first-order chi connectivity index (χ1) is 18.2. The lowest BCUT2D eigenvalue weighted by Gasteiger charge is -2.24. The van der Waals surface area contributed by atoms with Gasteiger partial charge < -0.3 is 15.7 Å². The minimum absolute atomic E-state index is 0.0850. The number of nitrogens with zero attached hydrogens (tertiary/aromatic N) is 3. The number of benzene rings is 3. The second-order valence-electron chi connectivity index (χ2n) is 8.66. The van der Waals surface area contributed by atoms with Gasteiger partial charge in [-0.15, -0.1) is 0 Å². The fourth-order valence-corrected chi connectivity index (χ4v) is 3.94. The zero-order chi connectivity index (χ0) is 27.3. The number of alkyl halides is 3. The molecule has 1 aromatic heterocycles. The van der Waals surface area contributed by atoms with Crippen LogP contribution in [0.5, 0.6) is 0 Å². The molecule has 194 valence electrons. The molecule has 0 saturated heterocycles. The van der Waals surface area contributed by atoms with Crippen molar-refractivity contribution in [1.82, 2.24) is 15.1 Å². The molecule has 4 aromatic rings. The maximum Gasteiger partial charge on any atom is 0.435 e. The molecule has 3 aromatic carbocycles. The normalized spacial score (nSPS) is 12.9. The van der Waals surface area contributed by atoms with Crippen molar-refractivity contribution < 1.29 is 23.1 Å². The molecule has 0 aliphatic heterocycles. The standard InChI is InChI=1S/C28H24F3N5O2/c1-18(17-37)33-26(20-8-3-2-4-9-20)21-10-6-11-22(14-21)34-27(38)24-15-25(28(29,30)31)35-36(24)23-12-5-7-19(13-23)16-32/h2-15,18,26,33,37H,17H2,1H3,(H,34,38). The number of aromatic nitrogens is 2. The van der Waals surface area contributed by atoms with Crippen molar-refractivity contribution in [3.05, 3.63) is 113 Å². The Bertz CT molecular complexity index is 1460. The van der Waals surface area contributed by atoms with Crippen LogP contribution < -0.4 is 10.6 Å². The summed E-state index contributed by atoms with van der Waals surface area (Å²) >= 11 is 0. The molecule has 7 nitrogen and oxygen atoms in total. The van der Waals surface area contributed by atoms with E-state index < -0.39 is 17.8 Å². The topological polar surface area (TPSA) is 103 Å². The van der Waals surface area contributed by atoms with Gasteiger partial charge in [-0.1, -0.05) is 48.5 Å². The van der Waals surface area contributed by atoms with E-state index in [1.807, 2.05) is 49.4 Å². The van der Waals surface area contributed by atoms with Crippen molar-refractivity contribution in [2.45, 2.75) is 25.2 Å². The summed E-state index contributed by atoms with van der Waals surface area (Å²) in [5, 5.41) is 28.4. The average molecular weight is 520 g/mol. The van der Waals surface area contributed by atoms with Crippen LogP contribution >= 0.6 is 0 Å². The first-order valence-electron chi connectivity index (χ1n) is 11.7. The van der Waals surface area contributed by atoms with E-state index in [0.717, 1.165) is 15.8 Å². The monoisotopic (exact) mass is 519 g/mol. The molecule has 0 radical (unpaired) electrons. The Hall–Kier alpha value is -4.46. The molecule has 1 heterocycles. The molecule has 0 spiro atoms. The third-order valence-corrected chi connectivity index (χ3v) is 5.79. The number of rotatable bonds is 8. The van der Waals surface area contributed by atoms with Crippen molar-refractivity contribution in [2.24, 2.45) is 0 Å². The van der Waals surface area contributed by atoms with E-state index in [4.69, 9.17) is 0 Å². The number of anilines is 1. The maximum absolute atomic E-state index is 13.5. The van der Waals surface area contributed by atoms with Crippen molar-refractivity contribution >= 4 is 11.6 Å². The van der Waals surface area contributed by atoms with Crippen LogP contribution in [-0.2, 0) is 6.18 Å². The van der Waals surface area contributed by atoms with Crippen molar-refractivity contribution in [3.63, 3.8) is 0 Å². The van der Waals surface area contributed by atoms with E-state index in [1.165, 1.54) is 24.3 Å². The SMILES string of the molecule is CC(CO)NC(c1ccccc1)c1cccc(NC(=O)c2cc(C(F)(F)F)nn2-c2cccc(C#N)c2)c1. The van der Waals surface area contributed by atoms with E-state index in [9.17, 15) is 28.3 Å². The van der Waals surface area contributed by atoms with Crippen LogP contribution in [0, 0.1) is 11.3 Å². The van der Waals surface area contributed by atoms with E-state index in [-0.39, 0.29) is 35.6 Å². The zero-order valence-electron chi connectivity index (χ0n) is 20.3. The Balaban J connectivity index is 1.68. The van der Waals surface area contributed by atoms with Gasteiger partial charge in [0.1, 0.15) is 5.69 Å². The highest BCUT2D eigenvalue weighted by molar-refractivity contribution is 6.03. The molecule has 4 rings (SSSR count). The quantitative estimate of drug-likeness (QED) is 0.302. The molecule has 0 saturated carbocycles. The average Bonchev–Trinajstić information content (AvgIpc) is 3.39. The van der Waals surface area contributed by atoms with E-state index >= 15 is 0 Å². The van der Waals surface area contributed by atoms with Crippen LogP contribution in [0.3, 0.4) is 0 Å². The van der Waals surface area contributed by atoms with Gasteiger partial charge in [-0.05, 0) is 48.4 Å².